The van der Waals surface area contributed by atoms with Crippen LogP contribution in [0.4, 0.5) is 5.69 Å². The molecule has 0 atom stereocenters. The van der Waals surface area contributed by atoms with Gasteiger partial charge in [0.05, 0.1) is 11.3 Å². The smallest absolute Gasteiger partial charge is 0.229 e. The third-order valence-electron chi connectivity index (χ3n) is 4.08. The Balaban J connectivity index is 1.88. The molecule has 0 radical (unpaired) electrons. The van der Waals surface area contributed by atoms with E-state index in [-0.39, 0.29) is 5.54 Å². The molecular weight excluding hydrogens is 402 g/mol. The van der Waals surface area contributed by atoms with E-state index < -0.39 is 0 Å². The van der Waals surface area contributed by atoms with Gasteiger partial charge in [0.2, 0.25) is 5.89 Å². The van der Waals surface area contributed by atoms with Gasteiger partial charge in [0.1, 0.15) is 5.52 Å². The van der Waals surface area contributed by atoms with Crippen LogP contribution < -0.4 is 5.32 Å². The zero-order valence-corrected chi connectivity index (χ0v) is 17.0. The van der Waals surface area contributed by atoms with Gasteiger partial charge in [0, 0.05) is 27.5 Å². The molecule has 0 spiro atoms. The summed E-state index contributed by atoms with van der Waals surface area (Å²) >= 11 is 3.56. The largest absolute Gasteiger partial charge is 0.435 e. The van der Waals surface area contributed by atoms with Crippen LogP contribution in [0.15, 0.2) is 69.7 Å². The third-order valence-corrected chi connectivity index (χ3v) is 4.57. The number of anilines is 1. The molecule has 0 bridgehead atoms. The Bertz CT molecular complexity index is 1100. The van der Waals surface area contributed by atoms with Crippen molar-refractivity contribution in [1.29, 1.82) is 0 Å². The fourth-order valence-electron chi connectivity index (χ4n) is 2.99. The minimum Gasteiger partial charge on any atom is -0.435 e. The van der Waals surface area contributed by atoms with Crippen molar-refractivity contribution in [3.8, 4) is 22.7 Å². The summed E-state index contributed by atoms with van der Waals surface area (Å²) in [4.78, 5) is 9.20. The second-order valence-electron chi connectivity index (χ2n) is 7.45. The highest BCUT2D eigenvalue weighted by Gasteiger charge is 2.19. The van der Waals surface area contributed by atoms with Crippen LogP contribution in [0.2, 0.25) is 0 Å². The zero-order chi connectivity index (χ0) is 19.0. The van der Waals surface area contributed by atoms with Gasteiger partial charge in [-0.2, -0.15) is 0 Å². The Morgan fingerprint density at radius 1 is 0.963 bits per heavy atom. The summed E-state index contributed by atoms with van der Waals surface area (Å²) in [6, 6.07) is 17.9. The fraction of sp³-hybridized carbons (Fsp3) is 0.182. The monoisotopic (exact) mass is 421 g/mol. The molecule has 0 saturated heterocycles. The van der Waals surface area contributed by atoms with Crippen LogP contribution in [0, 0.1) is 0 Å². The number of nitrogens with zero attached hydrogens (tertiary/aromatic N) is 2. The molecule has 4 rings (SSSR count). The normalized spacial score (nSPS) is 11.7. The third kappa shape index (κ3) is 3.74. The lowest BCUT2D eigenvalue weighted by atomic mass is 10.1. The van der Waals surface area contributed by atoms with Gasteiger partial charge >= 0.3 is 0 Å². The number of rotatable bonds is 3. The van der Waals surface area contributed by atoms with Gasteiger partial charge in [0.15, 0.2) is 5.58 Å². The van der Waals surface area contributed by atoms with Crippen LogP contribution in [0.25, 0.3) is 33.8 Å². The molecule has 0 fully saturated rings. The zero-order valence-electron chi connectivity index (χ0n) is 15.5. The molecule has 0 amide bonds. The molecule has 0 aliphatic rings. The van der Waals surface area contributed by atoms with E-state index in [0.717, 1.165) is 38.1 Å². The predicted octanol–water partition coefficient (Wildman–Crippen LogP) is 6.53. The van der Waals surface area contributed by atoms with E-state index in [0.29, 0.717) is 5.89 Å². The van der Waals surface area contributed by atoms with Crippen LogP contribution in [0.3, 0.4) is 0 Å². The van der Waals surface area contributed by atoms with Crippen molar-refractivity contribution in [1.82, 2.24) is 9.97 Å². The molecule has 4 aromatic rings. The first-order valence-electron chi connectivity index (χ1n) is 8.80. The molecule has 0 aliphatic carbocycles. The van der Waals surface area contributed by atoms with Crippen molar-refractivity contribution < 1.29 is 4.42 Å². The lowest BCUT2D eigenvalue weighted by Gasteiger charge is -2.23. The summed E-state index contributed by atoms with van der Waals surface area (Å²) in [6.07, 6.45) is 1.78. The van der Waals surface area contributed by atoms with Crippen molar-refractivity contribution in [2.45, 2.75) is 26.3 Å². The van der Waals surface area contributed by atoms with Crippen LogP contribution >= 0.6 is 15.9 Å². The van der Waals surface area contributed by atoms with Gasteiger partial charge in [-0.1, -0.05) is 28.1 Å². The number of pyridine rings is 1. The average molecular weight is 422 g/mol. The number of benzene rings is 2. The standard InChI is InChI=1S/C22H20BrN3O/c1-22(2,3)26-18-11-10-14(23)13-16(18)21-25-19-9-6-7-15(20(19)27-21)17-8-4-5-12-24-17/h4-13,26H,1-3H3. The van der Waals surface area contributed by atoms with E-state index in [2.05, 4.69) is 47.0 Å². The fourth-order valence-corrected chi connectivity index (χ4v) is 3.36. The van der Waals surface area contributed by atoms with E-state index in [9.17, 15) is 0 Å². The molecule has 2 aromatic heterocycles. The second-order valence-corrected chi connectivity index (χ2v) is 8.37. The quantitative estimate of drug-likeness (QED) is 0.408. The SMILES string of the molecule is CC(C)(C)Nc1ccc(Br)cc1-c1nc2cccc(-c3ccccn3)c2o1. The second kappa shape index (κ2) is 6.82. The van der Waals surface area contributed by atoms with Gasteiger partial charge in [-0.05, 0) is 63.2 Å². The van der Waals surface area contributed by atoms with Gasteiger partial charge in [-0.3, -0.25) is 4.98 Å². The Labute approximate surface area is 166 Å². The Morgan fingerprint density at radius 2 is 1.81 bits per heavy atom. The van der Waals surface area contributed by atoms with Gasteiger partial charge in [0.25, 0.3) is 0 Å². The minimum absolute atomic E-state index is 0.0757. The summed E-state index contributed by atoms with van der Waals surface area (Å²) in [5, 5.41) is 3.53. The summed E-state index contributed by atoms with van der Waals surface area (Å²) in [7, 11) is 0. The lowest BCUT2D eigenvalue weighted by Crippen LogP contribution is -2.26. The Hall–Kier alpha value is -2.66. The number of aromatic nitrogens is 2. The molecule has 1 N–H and O–H groups in total. The molecule has 5 heteroatoms. The molecule has 2 heterocycles. The van der Waals surface area contributed by atoms with Gasteiger partial charge in [-0.25, -0.2) is 4.98 Å². The highest BCUT2D eigenvalue weighted by atomic mass is 79.9. The molecule has 136 valence electrons. The average Bonchev–Trinajstić information content (AvgIpc) is 3.07. The maximum Gasteiger partial charge on any atom is 0.229 e. The van der Waals surface area contributed by atoms with Gasteiger partial charge in [-0.15, -0.1) is 0 Å². The summed E-state index contributed by atoms with van der Waals surface area (Å²) in [5.74, 6) is 0.585. The maximum atomic E-state index is 6.24. The van der Waals surface area contributed by atoms with Crippen LogP contribution in [-0.2, 0) is 0 Å². The highest BCUT2D eigenvalue weighted by molar-refractivity contribution is 9.10. The predicted molar refractivity (Wildman–Crippen MR) is 114 cm³/mol. The van der Waals surface area contributed by atoms with E-state index in [1.807, 2.05) is 54.6 Å². The van der Waals surface area contributed by atoms with Crippen molar-refractivity contribution in [2.24, 2.45) is 0 Å². The number of halogens is 1. The first-order chi connectivity index (χ1) is 12.9. The van der Waals surface area contributed by atoms with E-state index in [1.165, 1.54) is 0 Å². The molecule has 27 heavy (non-hydrogen) atoms. The molecular formula is C22H20BrN3O. The number of para-hydroxylation sites is 1. The van der Waals surface area contributed by atoms with Crippen molar-refractivity contribution in [3.63, 3.8) is 0 Å². The van der Waals surface area contributed by atoms with Gasteiger partial charge < -0.3 is 9.73 Å². The van der Waals surface area contributed by atoms with Crippen molar-refractivity contribution in [2.75, 3.05) is 5.32 Å². The van der Waals surface area contributed by atoms with Crippen LogP contribution in [0.5, 0.6) is 0 Å². The molecule has 0 unspecified atom stereocenters. The number of hydrogen-bond donors (Lipinski definition) is 1. The maximum absolute atomic E-state index is 6.24. The van der Waals surface area contributed by atoms with Crippen LogP contribution in [-0.4, -0.2) is 15.5 Å². The highest BCUT2D eigenvalue weighted by Crippen LogP contribution is 2.36. The lowest BCUT2D eigenvalue weighted by molar-refractivity contribution is 0.616. The number of fused-ring (bicyclic) bond motifs is 1. The molecule has 0 saturated carbocycles. The van der Waals surface area contributed by atoms with Crippen molar-refractivity contribution in [3.05, 3.63) is 65.3 Å². The van der Waals surface area contributed by atoms with E-state index in [1.54, 1.807) is 6.20 Å². The van der Waals surface area contributed by atoms with E-state index >= 15 is 0 Å². The first-order valence-corrected chi connectivity index (χ1v) is 9.59. The number of hydrogen-bond acceptors (Lipinski definition) is 4. The first kappa shape index (κ1) is 17.7. The summed E-state index contributed by atoms with van der Waals surface area (Å²) < 4.78 is 7.21. The number of oxazole rings is 1. The Kier molecular flexibility index (Phi) is 4.48. The summed E-state index contributed by atoms with van der Waals surface area (Å²) in [5.41, 5.74) is 5.19. The molecule has 2 aromatic carbocycles. The molecule has 0 aliphatic heterocycles. The number of nitrogens with one attached hydrogen (secondary N) is 1. The summed E-state index contributed by atoms with van der Waals surface area (Å²) in [6.45, 7) is 6.39. The Morgan fingerprint density at radius 3 is 2.56 bits per heavy atom. The molecule has 4 nitrogen and oxygen atoms in total. The van der Waals surface area contributed by atoms with E-state index in [4.69, 9.17) is 9.40 Å². The van der Waals surface area contributed by atoms with Crippen molar-refractivity contribution >= 4 is 32.7 Å². The topological polar surface area (TPSA) is 51.0 Å². The van der Waals surface area contributed by atoms with Crippen LogP contribution in [0.1, 0.15) is 20.8 Å². The minimum atomic E-state index is -0.0757.